The summed E-state index contributed by atoms with van der Waals surface area (Å²) >= 11 is 0. The Hall–Kier alpha value is -2.82. The topological polar surface area (TPSA) is 58.6 Å². The summed E-state index contributed by atoms with van der Waals surface area (Å²) in [6, 6.07) is 17.0. The maximum Gasteiger partial charge on any atom is 0.242 e. The Kier molecular flexibility index (Phi) is 6.57. The smallest absolute Gasteiger partial charge is 0.242 e. The number of likely N-dealkylation sites (N-methyl/N-ethyl adjacent to an activating group) is 1. The molecule has 2 aromatic rings. The molecular weight excluding hydrogens is 316 g/mol. The Balaban J connectivity index is 1.85. The molecule has 25 heavy (non-hydrogen) atoms. The molecular formula is C20H24N2O3. The SMILES string of the molecule is COc1ccc(C(C)N(C)C(=O)CNC(=O)Cc2ccccc2)cc1. The second-order valence-electron chi connectivity index (χ2n) is 5.89. The van der Waals surface area contributed by atoms with Gasteiger partial charge in [0.2, 0.25) is 11.8 Å². The summed E-state index contributed by atoms with van der Waals surface area (Å²) in [7, 11) is 3.35. The summed E-state index contributed by atoms with van der Waals surface area (Å²) in [4.78, 5) is 25.9. The van der Waals surface area contributed by atoms with Gasteiger partial charge in [0.25, 0.3) is 0 Å². The van der Waals surface area contributed by atoms with Crippen molar-refractivity contribution in [3.8, 4) is 5.75 Å². The number of methoxy groups -OCH3 is 1. The molecule has 0 aliphatic heterocycles. The summed E-state index contributed by atoms with van der Waals surface area (Å²) in [5, 5.41) is 2.69. The standard InChI is InChI=1S/C20H24N2O3/c1-15(17-9-11-18(25-3)12-10-17)22(2)20(24)14-21-19(23)13-16-7-5-4-6-8-16/h4-12,15H,13-14H2,1-3H3,(H,21,23). The second kappa shape index (κ2) is 8.87. The third-order valence-corrected chi connectivity index (χ3v) is 4.22. The van der Waals surface area contributed by atoms with Crippen LogP contribution in [0.15, 0.2) is 54.6 Å². The minimum Gasteiger partial charge on any atom is -0.497 e. The first-order chi connectivity index (χ1) is 12.0. The number of carbonyl (C=O) groups is 2. The highest BCUT2D eigenvalue weighted by molar-refractivity contribution is 5.85. The monoisotopic (exact) mass is 340 g/mol. The molecule has 1 atom stereocenters. The van der Waals surface area contributed by atoms with Crippen LogP contribution < -0.4 is 10.1 Å². The van der Waals surface area contributed by atoms with Gasteiger partial charge in [0.1, 0.15) is 5.75 Å². The molecule has 0 radical (unpaired) electrons. The molecule has 1 unspecified atom stereocenters. The molecule has 0 aliphatic carbocycles. The maximum absolute atomic E-state index is 12.3. The van der Waals surface area contributed by atoms with Gasteiger partial charge in [0.15, 0.2) is 0 Å². The fourth-order valence-electron chi connectivity index (χ4n) is 2.46. The molecule has 5 nitrogen and oxygen atoms in total. The van der Waals surface area contributed by atoms with Crippen LogP contribution in [0.2, 0.25) is 0 Å². The Bertz CT molecular complexity index is 699. The summed E-state index contributed by atoms with van der Waals surface area (Å²) in [6.45, 7) is 1.94. The van der Waals surface area contributed by atoms with Crippen molar-refractivity contribution < 1.29 is 14.3 Å². The van der Waals surface area contributed by atoms with Crippen LogP contribution in [0.4, 0.5) is 0 Å². The lowest BCUT2D eigenvalue weighted by Crippen LogP contribution is -2.39. The van der Waals surface area contributed by atoms with E-state index in [1.807, 2.05) is 61.5 Å². The van der Waals surface area contributed by atoms with Crippen molar-refractivity contribution in [2.45, 2.75) is 19.4 Å². The first-order valence-electron chi connectivity index (χ1n) is 8.21. The number of benzene rings is 2. The molecule has 0 aromatic heterocycles. The summed E-state index contributed by atoms with van der Waals surface area (Å²) in [5.41, 5.74) is 1.93. The van der Waals surface area contributed by atoms with Gasteiger partial charge in [-0.3, -0.25) is 9.59 Å². The zero-order valence-electron chi connectivity index (χ0n) is 14.9. The van der Waals surface area contributed by atoms with E-state index in [0.29, 0.717) is 0 Å². The number of hydrogen-bond donors (Lipinski definition) is 1. The van der Waals surface area contributed by atoms with Gasteiger partial charge >= 0.3 is 0 Å². The van der Waals surface area contributed by atoms with Crippen LogP contribution in [0.25, 0.3) is 0 Å². The van der Waals surface area contributed by atoms with Crippen molar-refractivity contribution in [1.29, 1.82) is 0 Å². The zero-order valence-corrected chi connectivity index (χ0v) is 14.9. The molecule has 0 aliphatic rings. The molecule has 2 rings (SSSR count). The fraction of sp³-hybridized carbons (Fsp3) is 0.300. The van der Waals surface area contributed by atoms with Crippen LogP contribution in [-0.2, 0) is 16.0 Å². The van der Waals surface area contributed by atoms with Gasteiger partial charge in [-0.05, 0) is 30.2 Å². The van der Waals surface area contributed by atoms with E-state index in [1.165, 1.54) is 0 Å². The first kappa shape index (κ1) is 18.5. The third kappa shape index (κ3) is 5.35. The quantitative estimate of drug-likeness (QED) is 0.843. The molecule has 0 fully saturated rings. The van der Waals surface area contributed by atoms with Gasteiger partial charge < -0.3 is 15.0 Å². The fourth-order valence-corrected chi connectivity index (χ4v) is 2.46. The van der Waals surface area contributed by atoms with E-state index in [4.69, 9.17) is 4.74 Å². The van der Waals surface area contributed by atoms with Gasteiger partial charge in [-0.15, -0.1) is 0 Å². The summed E-state index contributed by atoms with van der Waals surface area (Å²) in [6.07, 6.45) is 0.270. The number of amides is 2. The van der Waals surface area contributed by atoms with E-state index < -0.39 is 0 Å². The van der Waals surface area contributed by atoms with Gasteiger partial charge in [-0.25, -0.2) is 0 Å². The molecule has 0 bridgehead atoms. The van der Waals surface area contributed by atoms with Crippen molar-refractivity contribution in [2.24, 2.45) is 0 Å². The van der Waals surface area contributed by atoms with E-state index >= 15 is 0 Å². The Morgan fingerprint density at radius 1 is 1.08 bits per heavy atom. The largest absolute Gasteiger partial charge is 0.497 e. The zero-order chi connectivity index (χ0) is 18.2. The van der Waals surface area contributed by atoms with Crippen molar-refractivity contribution in [3.63, 3.8) is 0 Å². The Morgan fingerprint density at radius 2 is 1.72 bits per heavy atom. The first-order valence-corrected chi connectivity index (χ1v) is 8.21. The van der Waals surface area contributed by atoms with Crippen molar-refractivity contribution in [2.75, 3.05) is 20.7 Å². The molecule has 132 valence electrons. The molecule has 0 spiro atoms. The van der Waals surface area contributed by atoms with Crippen LogP contribution in [0.1, 0.15) is 24.1 Å². The van der Waals surface area contributed by atoms with E-state index in [0.717, 1.165) is 16.9 Å². The number of carbonyl (C=O) groups excluding carboxylic acids is 2. The Morgan fingerprint density at radius 3 is 2.32 bits per heavy atom. The predicted molar refractivity (Wildman–Crippen MR) is 97.3 cm³/mol. The second-order valence-corrected chi connectivity index (χ2v) is 5.89. The number of nitrogens with zero attached hydrogens (tertiary/aromatic N) is 1. The molecule has 1 N–H and O–H groups in total. The van der Waals surface area contributed by atoms with Crippen molar-refractivity contribution >= 4 is 11.8 Å². The van der Waals surface area contributed by atoms with Gasteiger partial charge in [-0.2, -0.15) is 0 Å². The molecule has 0 heterocycles. The van der Waals surface area contributed by atoms with Crippen LogP contribution in [0, 0.1) is 0 Å². The lowest BCUT2D eigenvalue weighted by atomic mass is 10.1. The normalized spacial score (nSPS) is 11.5. The van der Waals surface area contributed by atoms with E-state index in [2.05, 4.69) is 5.32 Å². The average Bonchev–Trinajstić information content (AvgIpc) is 2.65. The van der Waals surface area contributed by atoms with E-state index in [1.54, 1.807) is 19.1 Å². The molecule has 0 saturated carbocycles. The molecule has 2 amide bonds. The Labute approximate surface area is 148 Å². The minimum atomic E-state index is -0.162. The van der Waals surface area contributed by atoms with Crippen molar-refractivity contribution in [3.05, 3.63) is 65.7 Å². The highest BCUT2D eigenvalue weighted by atomic mass is 16.5. The third-order valence-electron chi connectivity index (χ3n) is 4.22. The van der Waals surface area contributed by atoms with Crippen molar-refractivity contribution in [1.82, 2.24) is 10.2 Å². The number of ether oxygens (including phenoxy) is 1. The maximum atomic E-state index is 12.3. The average molecular weight is 340 g/mol. The molecule has 0 saturated heterocycles. The van der Waals surface area contributed by atoms with E-state index in [9.17, 15) is 9.59 Å². The summed E-state index contributed by atoms with van der Waals surface area (Å²) < 4.78 is 5.14. The number of rotatable bonds is 7. The minimum absolute atomic E-state index is 0.0112. The van der Waals surface area contributed by atoms with E-state index in [-0.39, 0.29) is 30.8 Å². The van der Waals surface area contributed by atoms with Gasteiger partial charge in [-0.1, -0.05) is 42.5 Å². The van der Waals surface area contributed by atoms with Gasteiger partial charge in [0.05, 0.1) is 26.1 Å². The van der Waals surface area contributed by atoms with Gasteiger partial charge in [0, 0.05) is 7.05 Å². The number of hydrogen-bond acceptors (Lipinski definition) is 3. The highest BCUT2D eigenvalue weighted by Gasteiger charge is 2.18. The highest BCUT2D eigenvalue weighted by Crippen LogP contribution is 2.21. The van der Waals surface area contributed by atoms with Crippen LogP contribution in [-0.4, -0.2) is 37.4 Å². The predicted octanol–water partition coefficient (Wildman–Crippen LogP) is 2.57. The summed E-state index contributed by atoms with van der Waals surface area (Å²) in [5.74, 6) is 0.480. The molecule has 5 heteroatoms. The van der Waals surface area contributed by atoms with Crippen LogP contribution >= 0.6 is 0 Å². The lowest BCUT2D eigenvalue weighted by molar-refractivity contribution is -0.133. The number of nitrogens with one attached hydrogen (secondary N) is 1. The molecule has 2 aromatic carbocycles. The van der Waals surface area contributed by atoms with Crippen LogP contribution in [0.3, 0.4) is 0 Å². The van der Waals surface area contributed by atoms with Crippen LogP contribution in [0.5, 0.6) is 5.75 Å². The lowest BCUT2D eigenvalue weighted by Gasteiger charge is -2.25.